The van der Waals surface area contributed by atoms with E-state index in [4.69, 9.17) is 4.98 Å². The molecule has 33 heavy (non-hydrogen) atoms. The van der Waals surface area contributed by atoms with E-state index in [1.54, 1.807) is 24.5 Å². The number of pyridine rings is 2. The van der Waals surface area contributed by atoms with Gasteiger partial charge in [0.1, 0.15) is 17.4 Å². The molecular formula is C26H25FN4O2. The summed E-state index contributed by atoms with van der Waals surface area (Å²) in [6, 6.07) is 13.7. The van der Waals surface area contributed by atoms with Gasteiger partial charge in [0, 0.05) is 38.3 Å². The standard InChI is InChI=1S/C26H25FN4O2/c27-21-5-1-3-18(15-21)12-14-29-25-23(26(33)30-17-19-4-2-13-28-16-19)10-11-24(31-25)20-6-8-22(32)9-7-20/h1-6,10-11,13,15-16H,7-9,12,14,17H2,(H,29,31)(H,30,33). The average Bonchev–Trinajstić information content (AvgIpc) is 2.84. The fourth-order valence-corrected chi connectivity index (χ4v) is 3.70. The van der Waals surface area contributed by atoms with E-state index in [0.717, 1.165) is 22.4 Å². The lowest BCUT2D eigenvalue weighted by Gasteiger charge is -2.16. The molecule has 0 saturated carbocycles. The van der Waals surface area contributed by atoms with Crippen LogP contribution in [0.2, 0.25) is 0 Å². The summed E-state index contributed by atoms with van der Waals surface area (Å²) in [5, 5.41) is 6.16. The van der Waals surface area contributed by atoms with Gasteiger partial charge in [-0.25, -0.2) is 9.37 Å². The lowest BCUT2D eigenvalue weighted by Crippen LogP contribution is -2.25. The number of hydrogen-bond donors (Lipinski definition) is 2. The van der Waals surface area contributed by atoms with Crippen molar-refractivity contribution in [2.75, 3.05) is 11.9 Å². The first-order valence-corrected chi connectivity index (χ1v) is 11.0. The summed E-state index contributed by atoms with van der Waals surface area (Å²) < 4.78 is 13.5. The highest BCUT2D eigenvalue weighted by atomic mass is 19.1. The van der Waals surface area contributed by atoms with Crippen LogP contribution in [0.15, 0.2) is 67.0 Å². The maximum absolute atomic E-state index is 13.5. The predicted molar refractivity (Wildman–Crippen MR) is 125 cm³/mol. The lowest BCUT2D eigenvalue weighted by molar-refractivity contribution is -0.118. The first-order valence-electron chi connectivity index (χ1n) is 11.0. The highest BCUT2D eigenvalue weighted by molar-refractivity contribution is 5.99. The molecule has 6 nitrogen and oxygen atoms in total. The van der Waals surface area contributed by atoms with Crippen LogP contribution in [0.5, 0.6) is 0 Å². The van der Waals surface area contributed by atoms with Crippen molar-refractivity contribution < 1.29 is 14.0 Å². The van der Waals surface area contributed by atoms with Crippen LogP contribution in [0.1, 0.15) is 46.4 Å². The van der Waals surface area contributed by atoms with Crippen LogP contribution in [-0.2, 0) is 17.8 Å². The Kier molecular flexibility index (Phi) is 7.19. The van der Waals surface area contributed by atoms with Crippen LogP contribution >= 0.6 is 0 Å². The Labute approximate surface area is 192 Å². The number of benzene rings is 1. The number of nitrogens with zero attached hydrogens (tertiary/aromatic N) is 2. The van der Waals surface area contributed by atoms with E-state index in [0.29, 0.717) is 50.2 Å². The van der Waals surface area contributed by atoms with Crippen LogP contribution in [0.4, 0.5) is 10.2 Å². The van der Waals surface area contributed by atoms with Crippen molar-refractivity contribution in [2.45, 2.75) is 32.2 Å². The highest BCUT2D eigenvalue weighted by Gasteiger charge is 2.17. The molecule has 1 aromatic carbocycles. The fourth-order valence-electron chi connectivity index (χ4n) is 3.70. The fraction of sp³-hybridized carbons (Fsp3) is 0.231. The minimum Gasteiger partial charge on any atom is -0.369 e. The Balaban J connectivity index is 1.52. The van der Waals surface area contributed by atoms with E-state index in [-0.39, 0.29) is 17.5 Å². The van der Waals surface area contributed by atoms with Gasteiger partial charge in [-0.2, -0.15) is 0 Å². The van der Waals surface area contributed by atoms with Crippen LogP contribution in [0, 0.1) is 5.82 Å². The third-order valence-electron chi connectivity index (χ3n) is 5.49. The van der Waals surface area contributed by atoms with E-state index in [9.17, 15) is 14.0 Å². The number of allylic oxidation sites excluding steroid dienone is 2. The molecule has 0 atom stereocenters. The van der Waals surface area contributed by atoms with Gasteiger partial charge in [0.25, 0.3) is 5.91 Å². The van der Waals surface area contributed by atoms with E-state index in [2.05, 4.69) is 15.6 Å². The molecule has 0 aliphatic heterocycles. The highest BCUT2D eigenvalue weighted by Crippen LogP contribution is 2.26. The number of carbonyl (C=O) groups excluding carboxylic acids is 2. The summed E-state index contributed by atoms with van der Waals surface area (Å²) in [7, 11) is 0. The molecule has 3 aromatic rings. The summed E-state index contributed by atoms with van der Waals surface area (Å²) >= 11 is 0. The largest absolute Gasteiger partial charge is 0.369 e. The topological polar surface area (TPSA) is 84.0 Å². The van der Waals surface area contributed by atoms with Crippen LogP contribution in [-0.4, -0.2) is 28.2 Å². The number of nitrogens with one attached hydrogen (secondary N) is 2. The van der Waals surface area contributed by atoms with Crippen molar-refractivity contribution in [3.05, 3.63) is 95.2 Å². The molecule has 0 fully saturated rings. The Morgan fingerprint density at radius 3 is 2.70 bits per heavy atom. The van der Waals surface area contributed by atoms with E-state index >= 15 is 0 Å². The number of anilines is 1. The molecule has 2 N–H and O–H groups in total. The zero-order valence-corrected chi connectivity index (χ0v) is 18.2. The first kappa shape index (κ1) is 22.3. The Morgan fingerprint density at radius 1 is 1.06 bits per heavy atom. The summed E-state index contributed by atoms with van der Waals surface area (Å²) in [6.45, 7) is 0.838. The van der Waals surface area contributed by atoms with Crippen molar-refractivity contribution in [1.29, 1.82) is 0 Å². The average molecular weight is 445 g/mol. The second-order valence-corrected chi connectivity index (χ2v) is 7.92. The molecule has 0 radical (unpaired) electrons. The number of rotatable bonds is 8. The van der Waals surface area contributed by atoms with Crippen LogP contribution in [0.3, 0.4) is 0 Å². The third kappa shape index (κ3) is 6.10. The van der Waals surface area contributed by atoms with E-state index < -0.39 is 0 Å². The minimum absolute atomic E-state index is 0.221. The molecule has 2 aromatic heterocycles. The second-order valence-electron chi connectivity index (χ2n) is 7.92. The molecule has 1 aliphatic rings. The number of aromatic nitrogens is 2. The van der Waals surface area contributed by atoms with Crippen molar-refractivity contribution in [3.63, 3.8) is 0 Å². The Hall–Kier alpha value is -3.87. The van der Waals surface area contributed by atoms with Crippen molar-refractivity contribution >= 4 is 23.1 Å². The summed E-state index contributed by atoms with van der Waals surface area (Å²) in [6.07, 6.45) is 7.43. The van der Waals surface area contributed by atoms with Crippen LogP contribution < -0.4 is 10.6 Å². The van der Waals surface area contributed by atoms with Gasteiger partial charge in [0.15, 0.2) is 0 Å². The second kappa shape index (κ2) is 10.6. The molecule has 0 spiro atoms. The summed E-state index contributed by atoms with van der Waals surface area (Å²) in [4.78, 5) is 33.3. The van der Waals surface area contributed by atoms with Crippen molar-refractivity contribution in [3.8, 4) is 0 Å². The number of carbonyl (C=O) groups is 2. The monoisotopic (exact) mass is 444 g/mol. The number of amides is 1. The number of halogens is 1. The van der Waals surface area contributed by atoms with Gasteiger partial charge in [-0.05, 0) is 59.9 Å². The number of Topliss-reactive ketones (excluding diaryl/α,β-unsaturated/α-hetero) is 1. The quantitative estimate of drug-likeness (QED) is 0.540. The van der Waals surface area contributed by atoms with Gasteiger partial charge in [0.05, 0.1) is 11.3 Å². The first-order chi connectivity index (χ1) is 16.1. The zero-order chi connectivity index (χ0) is 23.0. The summed E-state index contributed by atoms with van der Waals surface area (Å²) in [5.41, 5.74) is 3.93. The Bertz CT molecular complexity index is 1180. The zero-order valence-electron chi connectivity index (χ0n) is 18.2. The molecule has 168 valence electrons. The number of ketones is 1. The molecule has 2 heterocycles. The lowest BCUT2D eigenvalue weighted by atomic mass is 9.95. The normalized spacial score (nSPS) is 13.4. The van der Waals surface area contributed by atoms with E-state index in [1.165, 1.54) is 12.1 Å². The maximum atomic E-state index is 13.5. The van der Waals surface area contributed by atoms with Gasteiger partial charge < -0.3 is 10.6 Å². The van der Waals surface area contributed by atoms with Gasteiger partial charge in [-0.3, -0.25) is 14.6 Å². The predicted octanol–water partition coefficient (Wildman–Crippen LogP) is 4.34. The Morgan fingerprint density at radius 2 is 1.94 bits per heavy atom. The number of hydrogen-bond acceptors (Lipinski definition) is 5. The SMILES string of the molecule is O=C1CC=C(c2ccc(C(=O)NCc3cccnc3)c(NCCc3cccc(F)c3)n2)CC1. The van der Waals surface area contributed by atoms with Crippen LogP contribution in [0.25, 0.3) is 5.57 Å². The molecule has 4 rings (SSSR count). The molecule has 0 saturated heterocycles. The van der Waals surface area contributed by atoms with E-state index in [1.807, 2.05) is 30.3 Å². The van der Waals surface area contributed by atoms with Gasteiger partial charge in [0.2, 0.25) is 0 Å². The maximum Gasteiger partial charge on any atom is 0.255 e. The van der Waals surface area contributed by atoms with Crippen molar-refractivity contribution in [2.24, 2.45) is 0 Å². The third-order valence-corrected chi connectivity index (χ3v) is 5.49. The molecule has 0 unspecified atom stereocenters. The van der Waals surface area contributed by atoms with Gasteiger partial charge >= 0.3 is 0 Å². The smallest absolute Gasteiger partial charge is 0.255 e. The minimum atomic E-state index is -0.276. The van der Waals surface area contributed by atoms with Crippen molar-refractivity contribution in [1.82, 2.24) is 15.3 Å². The van der Waals surface area contributed by atoms with Gasteiger partial charge in [-0.15, -0.1) is 0 Å². The van der Waals surface area contributed by atoms with Gasteiger partial charge in [-0.1, -0.05) is 24.3 Å². The summed E-state index contributed by atoms with van der Waals surface area (Å²) in [5.74, 6) is 0.157. The molecular weight excluding hydrogens is 419 g/mol. The molecule has 1 amide bonds. The molecule has 1 aliphatic carbocycles. The molecule has 7 heteroatoms. The molecule has 0 bridgehead atoms.